The van der Waals surface area contributed by atoms with Gasteiger partial charge in [0.2, 0.25) is 0 Å². The van der Waals surface area contributed by atoms with E-state index < -0.39 is 0 Å². The van der Waals surface area contributed by atoms with Crippen LogP contribution >= 0.6 is 23.2 Å². The molecule has 7 heteroatoms. The predicted molar refractivity (Wildman–Crippen MR) is 73.6 cm³/mol. The van der Waals surface area contributed by atoms with E-state index in [1.807, 2.05) is 0 Å². The van der Waals surface area contributed by atoms with Crippen molar-refractivity contribution < 1.29 is 14.6 Å². The predicted octanol–water partition coefficient (Wildman–Crippen LogP) is 1.41. The molecule has 2 rings (SSSR count). The monoisotopic (exact) mass is 304 g/mol. The number of rotatable bonds is 2. The summed E-state index contributed by atoms with van der Waals surface area (Å²) in [7, 11) is 0. The van der Waals surface area contributed by atoms with Gasteiger partial charge in [0.05, 0.1) is 41.6 Å². The summed E-state index contributed by atoms with van der Waals surface area (Å²) >= 11 is 11.8. The Morgan fingerprint density at radius 3 is 2.68 bits per heavy atom. The van der Waals surface area contributed by atoms with E-state index in [4.69, 9.17) is 33.7 Å². The summed E-state index contributed by atoms with van der Waals surface area (Å²) in [5, 5.41) is 9.75. The number of morpholine rings is 1. The minimum atomic E-state index is -0.351. The molecule has 1 unspecified atom stereocenters. The maximum atomic E-state index is 12.4. The number of nitrogens with two attached hydrogens (primary N) is 1. The van der Waals surface area contributed by atoms with Crippen molar-refractivity contribution in [3.8, 4) is 0 Å². The maximum absolute atomic E-state index is 12.4. The van der Waals surface area contributed by atoms with Crippen molar-refractivity contribution in [2.75, 3.05) is 32.1 Å². The highest BCUT2D eigenvalue weighted by Crippen LogP contribution is 2.29. The van der Waals surface area contributed by atoms with Crippen molar-refractivity contribution >= 4 is 34.8 Å². The van der Waals surface area contributed by atoms with Crippen LogP contribution in [0.25, 0.3) is 0 Å². The molecule has 19 heavy (non-hydrogen) atoms. The fourth-order valence-electron chi connectivity index (χ4n) is 1.95. The van der Waals surface area contributed by atoms with E-state index in [-0.39, 0.29) is 34.3 Å². The van der Waals surface area contributed by atoms with Gasteiger partial charge in [-0.25, -0.2) is 0 Å². The highest BCUT2D eigenvalue weighted by Gasteiger charge is 2.28. The number of aliphatic hydroxyl groups excluding tert-OH is 1. The molecule has 104 valence electrons. The molecule has 1 aromatic rings. The lowest BCUT2D eigenvalue weighted by Gasteiger charge is -2.34. The van der Waals surface area contributed by atoms with Gasteiger partial charge in [0.25, 0.3) is 5.91 Å². The lowest BCUT2D eigenvalue weighted by Crippen LogP contribution is -2.50. The first-order valence-electron chi connectivity index (χ1n) is 5.78. The summed E-state index contributed by atoms with van der Waals surface area (Å²) in [5.74, 6) is -0.244. The number of nitrogen functional groups attached to an aromatic ring is 1. The number of anilines is 1. The van der Waals surface area contributed by atoms with E-state index in [2.05, 4.69) is 0 Å². The van der Waals surface area contributed by atoms with Gasteiger partial charge in [-0.1, -0.05) is 23.2 Å². The van der Waals surface area contributed by atoms with Crippen molar-refractivity contribution in [3.63, 3.8) is 0 Å². The molecule has 5 nitrogen and oxygen atoms in total. The summed E-state index contributed by atoms with van der Waals surface area (Å²) in [6, 6.07) is 2.61. The molecule has 0 spiro atoms. The van der Waals surface area contributed by atoms with Gasteiger partial charge in [0.1, 0.15) is 0 Å². The highest BCUT2D eigenvalue weighted by molar-refractivity contribution is 6.39. The molecule has 0 saturated carbocycles. The number of hydrogen-bond acceptors (Lipinski definition) is 4. The molecule has 3 N–H and O–H groups in total. The van der Waals surface area contributed by atoms with E-state index in [0.717, 1.165) is 0 Å². The summed E-state index contributed by atoms with van der Waals surface area (Å²) in [6.45, 7) is 1.03. The Morgan fingerprint density at radius 1 is 1.47 bits per heavy atom. The third-order valence-electron chi connectivity index (χ3n) is 3.03. The Bertz CT molecular complexity index is 473. The molecule has 1 aliphatic rings. The third-order valence-corrected chi connectivity index (χ3v) is 3.65. The van der Waals surface area contributed by atoms with Crippen LogP contribution in [-0.2, 0) is 4.74 Å². The molecular formula is C12H14Cl2N2O3. The molecule has 0 bridgehead atoms. The van der Waals surface area contributed by atoms with Crippen molar-refractivity contribution in [3.05, 3.63) is 27.7 Å². The number of amides is 1. The minimum Gasteiger partial charge on any atom is -0.396 e. The summed E-state index contributed by atoms with van der Waals surface area (Å²) in [6.07, 6.45) is 0. The fraction of sp³-hybridized carbons (Fsp3) is 0.417. The average Bonchev–Trinajstić information content (AvgIpc) is 2.43. The molecule has 1 amide bonds. The Balaban J connectivity index is 2.28. The van der Waals surface area contributed by atoms with E-state index in [1.165, 1.54) is 12.1 Å². The van der Waals surface area contributed by atoms with Crippen LogP contribution in [0.5, 0.6) is 0 Å². The summed E-state index contributed by atoms with van der Waals surface area (Å²) in [4.78, 5) is 13.9. The lowest BCUT2D eigenvalue weighted by atomic mass is 10.1. The smallest absolute Gasteiger partial charge is 0.254 e. The highest BCUT2D eigenvalue weighted by atomic mass is 35.5. The van der Waals surface area contributed by atoms with E-state index in [9.17, 15) is 9.90 Å². The van der Waals surface area contributed by atoms with Gasteiger partial charge >= 0.3 is 0 Å². The van der Waals surface area contributed by atoms with E-state index >= 15 is 0 Å². The van der Waals surface area contributed by atoms with Crippen molar-refractivity contribution in [1.82, 2.24) is 4.90 Å². The molecular weight excluding hydrogens is 291 g/mol. The van der Waals surface area contributed by atoms with Gasteiger partial charge in [-0.15, -0.1) is 0 Å². The van der Waals surface area contributed by atoms with Crippen LogP contribution < -0.4 is 5.73 Å². The third kappa shape index (κ3) is 2.95. The van der Waals surface area contributed by atoms with Gasteiger partial charge < -0.3 is 20.5 Å². The molecule has 1 fully saturated rings. The standard InChI is InChI=1S/C12H14Cl2N2O3/c13-9-3-7(4-10(14)11(9)15)12(18)16-1-2-19-6-8(16)5-17/h3-4,8,17H,1-2,5-6,15H2. The first-order chi connectivity index (χ1) is 9.04. The Labute approximate surface area is 120 Å². The van der Waals surface area contributed by atoms with Crippen LogP contribution in [0.4, 0.5) is 5.69 Å². The maximum Gasteiger partial charge on any atom is 0.254 e. The van der Waals surface area contributed by atoms with Crippen LogP contribution in [0.3, 0.4) is 0 Å². The van der Waals surface area contributed by atoms with Gasteiger partial charge in [-0.2, -0.15) is 0 Å². The second kappa shape index (κ2) is 5.96. The first kappa shape index (κ1) is 14.4. The number of halogens is 2. The van der Waals surface area contributed by atoms with Crippen LogP contribution in [-0.4, -0.2) is 48.3 Å². The van der Waals surface area contributed by atoms with Crippen LogP contribution in [0.15, 0.2) is 12.1 Å². The zero-order chi connectivity index (χ0) is 14.0. The van der Waals surface area contributed by atoms with Crippen LogP contribution in [0, 0.1) is 0 Å². The number of carbonyl (C=O) groups is 1. The Hall–Kier alpha value is -1.01. The van der Waals surface area contributed by atoms with Gasteiger partial charge in [-0.3, -0.25) is 4.79 Å². The summed E-state index contributed by atoms with van der Waals surface area (Å²) in [5.41, 5.74) is 6.24. The first-order valence-corrected chi connectivity index (χ1v) is 6.54. The largest absolute Gasteiger partial charge is 0.396 e. The number of carbonyl (C=O) groups excluding carboxylic acids is 1. The fourth-order valence-corrected chi connectivity index (χ4v) is 2.43. The van der Waals surface area contributed by atoms with Crippen LogP contribution in [0.2, 0.25) is 10.0 Å². The zero-order valence-corrected chi connectivity index (χ0v) is 11.6. The average molecular weight is 305 g/mol. The van der Waals surface area contributed by atoms with Gasteiger partial charge in [0, 0.05) is 12.1 Å². The number of hydrogen-bond donors (Lipinski definition) is 2. The van der Waals surface area contributed by atoms with Crippen molar-refractivity contribution in [2.45, 2.75) is 6.04 Å². The van der Waals surface area contributed by atoms with Gasteiger partial charge in [0.15, 0.2) is 0 Å². The topological polar surface area (TPSA) is 75.8 Å². The van der Waals surface area contributed by atoms with Crippen LogP contribution in [0.1, 0.15) is 10.4 Å². The molecule has 1 atom stereocenters. The Kier molecular flexibility index (Phi) is 4.52. The number of aliphatic hydroxyl groups is 1. The van der Waals surface area contributed by atoms with Crippen molar-refractivity contribution in [1.29, 1.82) is 0 Å². The van der Waals surface area contributed by atoms with Gasteiger partial charge in [-0.05, 0) is 12.1 Å². The second-order valence-electron chi connectivity index (χ2n) is 4.26. The normalized spacial score (nSPS) is 19.5. The molecule has 0 aliphatic carbocycles. The molecule has 1 aromatic carbocycles. The van der Waals surface area contributed by atoms with Crippen molar-refractivity contribution in [2.24, 2.45) is 0 Å². The SMILES string of the molecule is Nc1c(Cl)cc(C(=O)N2CCOCC2CO)cc1Cl. The summed E-state index contributed by atoms with van der Waals surface area (Å²) < 4.78 is 5.23. The lowest BCUT2D eigenvalue weighted by molar-refractivity contribution is -0.0183. The molecule has 1 heterocycles. The zero-order valence-electron chi connectivity index (χ0n) is 10.1. The molecule has 1 aliphatic heterocycles. The number of benzene rings is 1. The molecule has 0 aromatic heterocycles. The quantitative estimate of drug-likeness (QED) is 0.810. The molecule has 1 saturated heterocycles. The second-order valence-corrected chi connectivity index (χ2v) is 5.08. The van der Waals surface area contributed by atoms with E-state index in [0.29, 0.717) is 25.3 Å². The van der Waals surface area contributed by atoms with E-state index in [1.54, 1.807) is 4.90 Å². The Morgan fingerprint density at radius 2 is 2.11 bits per heavy atom. The number of ether oxygens (including phenoxy) is 1. The number of nitrogens with zero attached hydrogens (tertiary/aromatic N) is 1. The minimum absolute atomic E-state index is 0.151. The molecule has 0 radical (unpaired) electrons.